The van der Waals surface area contributed by atoms with Gasteiger partial charge in [-0.15, -0.1) is 0 Å². The van der Waals surface area contributed by atoms with E-state index in [1.54, 1.807) is 29.4 Å². The van der Waals surface area contributed by atoms with Gasteiger partial charge in [0.25, 0.3) is 5.91 Å². The molecular weight excluding hydrogens is 178 g/mol. The topological polar surface area (TPSA) is 59.2 Å². The van der Waals surface area contributed by atoms with E-state index in [4.69, 9.17) is 5.73 Å². The van der Waals surface area contributed by atoms with Crippen LogP contribution < -0.4 is 5.73 Å². The second kappa shape index (κ2) is 3.75. The van der Waals surface area contributed by atoms with Crippen LogP contribution in [0, 0.1) is 0 Å². The Balaban J connectivity index is 2.10. The number of likely N-dealkylation sites (tertiary alicyclic amines) is 1. The minimum absolute atomic E-state index is 0.0334. The maximum atomic E-state index is 11.8. The Morgan fingerprint density at radius 2 is 2.50 bits per heavy atom. The highest BCUT2D eigenvalue weighted by molar-refractivity contribution is 5.94. The zero-order chi connectivity index (χ0) is 9.97. The number of amides is 1. The largest absolute Gasteiger partial charge is 0.337 e. The van der Waals surface area contributed by atoms with E-state index < -0.39 is 0 Å². The van der Waals surface area contributed by atoms with Crippen LogP contribution in [0.1, 0.15) is 16.8 Å². The van der Waals surface area contributed by atoms with Crippen LogP contribution in [0.2, 0.25) is 0 Å². The summed E-state index contributed by atoms with van der Waals surface area (Å²) >= 11 is 0. The molecule has 1 atom stereocenters. The van der Waals surface area contributed by atoms with Crippen LogP contribution in [0.3, 0.4) is 0 Å². The fourth-order valence-electron chi connectivity index (χ4n) is 1.64. The van der Waals surface area contributed by atoms with Crippen molar-refractivity contribution in [3.05, 3.63) is 30.1 Å². The predicted molar refractivity (Wildman–Crippen MR) is 52.7 cm³/mol. The van der Waals surface area contributed by atoms with Crippen molar-refractivity contribution in [2.24, 2.45) is 5.73 Å². The van der Waals surface area contributed by atoms with Gasteiger partial charge in [-0.25, -0.2) is 0 Å². The van der Waals surface area contributed by atoms with Crippen molar-refractivity contribution in [3.63, 3.8) is 0 Å². The van der Waals surface area contributed by atoms with Gasteiger partial charge in [-0.2, -0.15) is 0 Å². The van der Waals surface area contributed by atoms with E-state index in [0.717, 1.165) is 13.0 Å². The molecule has 14 heavy (non-hydrogen) atoms. The van der Waals surface area contributed by atoms with Crippen molar-refractivity contribution in [3.8, 4) is 0 Å². The molecule has 1 unspecified atom stereocenters. The molecule has 4 nitrogen and oxygen atoms in total. The Kier molecular flexibility index (Phi) is 2.45. The molecule has 2 rings (SSSR count). The van der Waals surface area contributed by atoms with Gasteiger partial charge in [0.05, 0.1) is 5.56 Å². The molecular formula is C10H13N3O. The maximum absolute atomic E-state index is 11.8. The van der Waals surface area contributed by atoms with Crippen molar-refractivity contribution in [2.75, 3.05) is 13.1 Å². The third-order valence-corrected chi connectivity index (χ3v) is 2.42. The number of hydrogen-bond donors (Lipinski definition) is 1. The first kappa shape index (κ1) is 9.15. The van der Waals surface area contributed by atoms with Gasteiger partial charge in [0.2, 0.25) is 0 Å². The fraction of sp³-hybridized carbons (Fsp3) is 0.400. The molecule has 4 heteroatoms. The molecule has 74 valence electrons. The minimum Gasteiger partial charge on any atom is -0.337 e. The van der Waals surface area contributed by atoms with E-state index in [-0.39, 0.29) is 11.9 Å². The molecule has 2 heterocycles. The van der Waals surface area contributed by atoms with Crippen LogP contribution in [0.4, 0.5) is 0 Å². The lowest BCUT2D eigenvalue weighted by molar-refractivity contribution is 0.0790. The molecule has 0 radical (unpaired) electrons. The normalized spacial score (nSPS) is 21.2. The average molecular weight is 191 g/mol. The molecule has 0 bridgehead atoms. The van der Waals surface area contributed by atoms with Crippen molar-refractivity contribution in [1.29, 1.82) is 0 Å². The molecule has 2 N–H and O–H groups in total. The summed E-state index contributed by atoms with van der Waals surface area (Å²) in [5, 5.41) is 0. The van der Waals surface area contributed by atoms with Gasteiger partial charge in [-0.3, -0.25) is 9.78 Å². The molecule has 1 aromatic heterocycles. The lowest BCUT2D eigenvalue weighted by atomic mass is 10.2. The number of rotatable bonds is 1. The zero-order valence-corrected chi connectivity index (χ0v) is 7.89. The third-order valence-electron chi connectivity index (χ3n) is 2.42. The summed E-state index contributed by atoms with van der Waals surface area (Å²) in [6, 6.07) is 3.68. The van der Waals surface area contributed by atoms with E-state index in [2.05, 4.69) is 4.98 Å². The summed E-state index contributed by atoms with van der Waals surface area (Å²) in [6.45, 7) is 1.42. The van der Waals surface area contributed by atoms with E-state index in [9.17, 15) is 4.79 Å². The molecule has 1 amide bonds. The number of carbonyl (C=O) groups is 1. The highest BCUT2D eigenvalue weighted by atomic mass is 16.2. The Labute approximate surface area is 82.7 Å². The third kappa shape index (κ3) is 1.75. The standard InChI is InChI=1S/C10H13N3O/c11-9-3-5-13(7-9)10(14)8-2-1-4-12-6-8/h1-2,4,6,9H,3,5,7,11H2. The first-order valence-corrected chi connectivity index (χ1v) is 4.72. The minimum atomic E-state index is 0.0334. The Hall–Kier alpha value is -1.42. The van der Waals surface area contributed by atoms with Crippen LogP contribution in [0.5, 0.6) is 0 Å². The van der Waals surface area contributed by atoms with Gasteiger partial charge in [-0.05, 0) is 18.6 Å². The van der Waals surface area contributed by atoms with Crippen molar-refractivity contribution < 1.29 is 4.79 Å². The van der Waals surface area contributed by atoms with Gasteiger partial charge in [0.1, 0.15) is 0 Å². The van der Waals surface area contributed by atoms with Crippen molar-refractivity contribution in [1.82, 2.24) is 9.88 Å². The molecule has 0 aromatic carbocycles. The Morgan fingerprint density at radius 3 is 3.07 bits per heavy atom. The van der Waals surface area contributed by atoms with Crippen LogP contribution >= 0.6 is 0 Å². The highest BCUT2D eigenvalue weighted by Gasteiger charge is 2.24. The summed E-state index contributed by atoms with van der Waals surface area (Å²) in [7, 11) is 0. The monoisotopic (exact) mass is 191 g/mol. The fourth-order valence-corrected chi connectivity index (χ4v) is 1.64. The van der Waals surface area contributed by atoms with E-state index in [1.807, 2.05) is 0 Å². The van der Waals surface area contributed by atoms with E-state index >= 15 is 0 Å². The van der Waals surface area contributed by atoms with Crippen LogP contribution in [0.15, 0.2) is 24.5 Å². The lowest BCUT2D eigenvalue weighted by Crippen LogP contribution is -2.31. The van der Waals surface area contributed by atoms with E-state index in [1.165, 1.54) is 0 Å². The number of nitrogens with two attached hydrogens (primary N) is 1. The molecule has 1 aliphatic rings. The second-order valence-corrected chi connectivity index (χ2v) is 3.54. The summed E-state index contributed by atoms with van der Waals surface area (Å²) in [4.78, 5) is 17.5. The van der Waals surface area contributed by atoms with Crippen LogP contribution in [0.25, 0.3) is 0 Å². The summed E-state index contributed by atoms with van der Waals surface area (Å²) in [5.41, 5.74) is 6.37. The molecule has 1 aliphatic heterocycles. The molecule has 1 aromatic rings. The quantitative estimate of drug-likeness (QED) is 0.692. The molecule has 0 spiro atoms. The van der Waals surface area contributed by atoms with Crippen molar-refractivity contribution in [2.45, 2.75) is 12.5 Å². The highest BCUT2D eigenvalue weighted by Crippen LogP contribution is 2.11. The second-order valence-electron chi connectivity index (χ2n) is 3.54. The first-order valence-electron chi connectivity index (χ1n) is 4.72. The number of hydrogen-bond acceptors (Lipinski definition) is 3. The van der Waals surface area contributed by atoms with Crippen molar-refractivity contribution >= 4 is 5.91 Å². The smallest absolute Gasteiger partial charge is 0.255 e. The molecule has 1 saturated heterocycles. The number of aromatic nitrogens is 1. The molecule has 1 fully saturated rings. The first-order chi connectivity index (χ1) is 6.77. The van der Waals surface area contributed by atoms with Gasteiger partial charge < -0.3 is 10.6 Å². The molecule has 0 saturated carbocycles. The molecule has 0 aliphatic carbocycles. The Morgan fingerprint density at radius 1 is 1.64 bits per heavy atom. The lowest BCUT2D eigenvalue weighted by Gasteiger charge is -2.15. The number of nitrogens with zero attached hydrogens (tertiary/aromatic N) is 2. The van der Waals surface area contributed by atoms with Gasteiger partial charge in [-0.1, -0.05) is 0 Å². The maximum Gasteiger partial charge on any atom is 0.255 e. The zero-order valence-electron chi connectivity index (χ0n) is 7.89. The van der Waals surface area contributed by atoms with Gasteiger partial charge in [0.15, 0.2) is 0 Å². The predicted octanol–water partition coefficient (Wildman–Crippen LogP) is 0.255. The SMILES string of the molecule is NC1CCN(C(=O)c2cccnc2)C1. The van der Waals surface area contributed by atoms with E-state index in [0.29, 0.717) is 12.1 Å². The van der Waals surface area contributed by atoms with Gasteiger partial charge >= 0.3 is 0 Å². The number of pyridine rings is 1. The summed E-state index contributed by atoms with van der Waals surface area (Å²) in [5.74, 6) is 0.0334. The average Bonchev–Trinajstić information content (AvgIpc) is 2.65. The Bertz CT molecular complexity index is 325. The van der Waals surface area contributed by atoms with Gasteiger partial charge in [0, 0.05) is 31.5 Å². The summed E-state index contributed by atoms with van der Waals surface area (Å²) < 4.78 is 0. The van der Waals surface area contributed by atoms with Crippen LogP contribution in [-0.2, 0) is 0 Å². The van der Waals surface area contributed by atoms with Crippen LogP contribution in [-0.4, -0.2) is 34.9 Å². The number of carbonyl (C=O) groups excluding carboxylic acids is 1. The summed E-state index contributed by atoms with van der Waals surface area (Å²) in [6.07, 6.45) is 4.14.